The minimum Gasteiger partial charge on any atom is -0.374 e. The lowest BCUT2D eigenvalue weighted by atomic mass is 10.2. The van der Waals surface area contributed by atoms with Gasteiger partial charge in [0.15, 0.2) is 0 Å². The summed E-state index contributed by atoms with van der Waals surface area (Å²) in [5, 5.41) is 1.27. The van der Waals surface area contributed by atoms with E-state index in [1.54, 1.807) is 0 Å². The van der Waals surface area contributed by atoms with Crippen LogP contribution in [0.1, 0.15) is 93.9 Å². The van der Waals surface area contributed by atoms with Gasteiger partial charge in [0.25, 0.3) is 0 Å². The van der Waals surface area contributed by atoms with Crippen molar-refractivity contribution in [2.45, 2.75) is 117 Å². The molecule has 0 amide bonds. The number of rotatable bonds is 27. The van der Waals surface area contributed by atoms with Crippen molar-refractivity contribution in [2.75, 3.05) is 39.6 Å². The fraction of sp³-hybridized carbons (Fsp3) is 1.00. The summed E-state index contributed by atoms with van der Waals surface area (Å²) in [6.45, 7) is 20.6. The van der Waals surface area contributed by atoms with E-state index in [9.17, 15) is 0 Å². The average Bonchev–Trinajstić information content (AvgIpc) is 2.85. The number of hydrogen-bond donors (Lipinski definition) is 0. The van der Waals surface area contributed by atoms with Gasteiger partial charge in [-0.2, -0.15) is 0 Å². The molecule has 36 heavy (non-hydrogen) atoms. The van der Waals surface area contributed by atoms with Crippen molar-refractivity contribution in [1.29, 1.82) is 0 Å². The van der Waals surface area contributed by atoms with Crippen LogP contribution in [0, 0.1) is 0 Å². The topological polar surface area (TPSA) is 55.4 Å². The van der Waals surface area contributed by atoms with E-state index in [-0.39, 0.29) is 0 Å². The van der Waals surface area contributed by atoms with Gasteiger partial charge in [-0.25, -0.2) is 0 Å². The van der Waals surface area contributed by atoms with Crippen molar-refractivity contribution < 1.29 is 26.6 Å². The first-order chi connectivity index (χ1) is 17.4. The van der Waals surface area contributed by atoms with Crippen LogP contribution in [-0.4, -0.2) is 67.8 Å². The van der Waals surface area contributed by atoms with Crippen LogP contribution in [0.25, 0.3) is 0 Å². The molecule has 12 heteroatoms. The normalized spacial score (nSPS) is 14.3. The zero-order chi connectivity index (χ0) is 27.1. The third-order valence-corrected chi connectivity index (χ3v) is 19.4. The monoisotopic (exact) mass is 622 g/mol. The molecule has 0 saturated carbocycles. The van der Waals surface area contributed by atoms with E-state index in [1.165, 1.54) is 12.8 Å². The van der Waals surface area contributed by atoms with Crippen LogP contribution in [-0.2, 0) is 26.6 Å². The minimum atomic E-state index is -2.53. The first-order valence-corrected chi connectivity index (χ1v) is 22.7. The van der Waals surface area contributed by atoms with Crippen molar-refractivity contribution in [3.8, 4) is 0 Å². The smallest absolute Gasteiger partial charge is 0.374 e. The maximum Gasteiger partial charge on any atom is 0.500 e. The van der Waals surface area contributed by atoms with Crippen LogP contribution in [0.4, 0.5) is 0 Å². The highest BCUT2D eigenvalue weighted by Crippen LogP contribution is 2.49. The SMILES string of the molecule is CCO[Si](CCCC(CC)SSSSC(CC)CCC[Si](OCC)(OCC)OCC)(OCC)OCC. The Balaban J connectivity index is 4.45. The van der Waals surface area contributed by atoms with E-state index in [4.69, 9.17) is 26.6 Å². The lowest BCUT2D eigenvalue weighted by molar-refractivity contribution is 0.0699. The lowest BCUT2D eigenvalue weighted by Gasteiger charge is -2.29. The standard InChI is InChI=1S/C24H54O6S4Si2/c1-9-23(19-17-21-35(25-11-3,26-12-4)27-13-5)31-33-34-32-24(10-2)20-18-22-36(28-14-6,29-15-7)30-16-8/h23-24H,9-22H2,1-8H3. The van der Waals surface area contributed by atoms with E-state index >= 15 is 0 Å². The molecule has 0 aromatic heterocycles. The van der Waals surface area contributed by atoms with Crippen LogP contribution >= 0.6 is 41.2 Å². The van der Waals surface area contributed by atoms with E-state index in [2.05, 4.69) is 13.8 Å². The van der Waals surface area contributed by atoms with Gasteiger partial charge in [-0.15, -0.1) is 0 Å². The molecular formula is C24H54O6S4Si2. The molecule has 0 aromatic carbocycles. The van der Waals surface area contributed by atoms with Gasteiger partial charge in [0.2, 0.25) is 0 Å². The van der Waals surface area contributed by atoms with Gasteiger partial charge < -0.3 is 26.6 Å². The number of hydrogen-bond acceptors (Lipinski definition) is 10. The fourth-order valence-corrected chi connectivity index (χ4v) is 16.8. The summed E-state index contributed by atoms with van der Waals surface area (Å²) >= 11 is 0. The maximum absolute atomic E-state index is 6.01. The molecule has 0 heterocycles. The van der Waals surface area contributed by atoms with Crippen molar-refractivity contribution in [3.63, 3.8) is 0 Å². The molecule has 6 nitrogen and oxygen atoms in total. The van der Waals surface area contributed by atoms with Crippen molar-refractivity contribution in [2.24, 2.45) is 0 Å². The largest absolute Gasteiger partial charge is 0.500 e. The van der Waals surface area contributed by atoms with Gasteiger partial charge in [0.1, 0.15) is 0 Å². The molecule has 0 aliphatic heterocycles. The highest BCUT2D eigenvalue weighted by Gasteiger charge is 2.40. The van der Waals surface area contributed by atoms with Gasteiger partial charge in [0.05, 0.1) is 0 Å². The van der Waals surface area contributed by atoms with Crippen LogP contribution in [0.2, 0.25) is 12.1 Å². The Morgan fingerprint density at radius 1 is 0.472 bits per heavy atom. The predicted octanol–water partition coefficient (Wildman–Crippen LogP) is 8.88. The molecule has 2 unspecified atom stereocenters. The molecule has 0 saturated heterocycles. The summed E-state index contributed by atoms with van der Waals surface area (Å²) < 4.78 is 36.1. The Morgan fingerprint density at radius 2 is 0.750 bits per heavy atom. The zero-order valence-electron chi connectivity index (χ0n) is 24.1. The first kappa shape index (κ1) is 37.6. The summed E-state index contributed by atoms with van der Waals surface area (Å²) in [4.78, 5) is 0. The molecule has 0 aliphatic rings. The summed E-state index contributed by atoms with van der Waals surface area (Å²) in [6, 6.07) is 1.81. The Kier molecular flexibility index (Phi) is 25.5. The fourth-order valence-electron chi connectivity index (χ4n) is 3.88. The summed E-state index contributed by atoms with van der Waals surface area (Å²) in [5.74, 6) is 0. The highest BCUT2D eigenvalue weighted by molar-refractivity contribution is 9.26. The Hall–Kier alpha value is 1.59. The van der Waals surface area contributed by atoms with Crippen molar-refractivity contribution >= 4 is 58.8 Å². The van der Waals surface area contributed by atoms with Gasteiger partial charge in [-0.1, -0.05) is 35.4 Å². The van der Waals surface area contributed by atoms with Crippen LogP contribution < -0.4 is 0 Å². The Morgan fingerprint density at radius 3 is 0.972 bits per heavy atom. The van der Waals surface area contributed by atoms with Crippen LogP contribution in [0.5, 0.6) is 0 Å². The molecule has 0 N–H and O–H groups in total. The van der Waals surface area contributed by atoms with E-state index in [1.807, 2.05) is 82.8 Å². The molecular weight excluding hydrogens is 569 g/mol. The van der Waals surface area contributed by atoms with E-state index < -0.39 is 17.6 Å². The van der Waals surface area contributed by atoms with Crippen LogP contribution in [0.3, 0.4) is 0 Å². The molecule has 0 aromatic rings. The zero-order valence-corrected chi connectivity index (χ0v) is 29.4. The quantitative estimate of drug-likeness (QED) is 0.0504. The van der Waals surface area contributed by atoms with E-state index in [0.717, 1.165) is 37.8 Å². The van der Waals surface area contributed by atoms with Gasteiger partial charge in [0, 0.05) is 62.2 Å². The van der Waals surface area contributed by atoms with Crippen molar-refractivity contribution in [3.05, 3.63) is 0 Å². The predicted molar refractivity (Wildman–Crippen MR) is 168 cm³/mol. The third-order valence-electron chi connectivity index (χ3n) is 5.49. The Labute approximate surface area is 240 Å². The first-order valence-electron chi connectivity index (χ1n) is 13.9. The maximum atomic E-state index is 6.01. The summed E-state index contributed by atoms with van der Waals surface area (Å²) in [5.41, 5.74) is 0. The average molecular weight is 623 g/mol. The summed E-state index contributed by atoms with van der Waals surface area (Å²) in [7, 11) is 2.83. The van der Waals surface area contributed by atoms with Gasteiger partial charge in [-0.05, 0) is 99.7 Å². The van der Waals surface area contributed by atoms with Gasteiger partial charge >= 0.3 is 17.6 Å². The second kappa shape index (κ2) is 24.4. The molecule has 0 spiro atoms. The molecule has 0 radical (unpaired) electrons. The summed E-state index contributed by atoms with van der Waals surface area (Å²) in [6.07, 6.45) is 6.84. The Bertz CT molecular complexity index is 423. The molecule has 0 aliphatic carbocycles. The molecule has 218 valence electrons. The third kappa shape index (κ3) is 16.6. The van der Waals surface area contributed by atoms with Gasteiger partial charge in [-0.3, -0.25) is 0 Å². The minimum absolute atomic E-state index is 0.634. The highest BCUT2D eigenvalue weighted by atomic mass is 33.7. The molecule has 0 fully saturated rings. The molecule has 2 atom stereocenters. The molecule has 0 bridgehead atoms. The van der Waals surface area contributed by atoms with Crippen molar-refractivity contribution in [1.82, 2.24) is 0 Å². The lowest BCUT2D eigenvalue weighted by Crippen LogP contribution is -2.46. The second-order valence-electron chi connectivity index (χ2n) is 8.14. The second-order valence-corrected chi connectivity index (χ2v) is 20.0. The van der Waals surface area contributed by atoms with E-state index in [0.29, 0.717) is 50.1 Å². The molecule has 0 rings (SSSR count). The van der Waals surface area contributed by atoms with Crippen LogP contribution in [0.15, 0.2) is 0 Å².